The second kappa shape index (κ2) is 8.40. The summed E-state index contributed by atoms with van der Waals surface area (Å²) in [6, 6.07) is 11.9. The van der Waals surface area contributed by atoms with E-state index in [1.54, 1.807) is 24.3 Å². The van der Waals surface area contributed by atoms with E-state index in [2.05, 4.69) is 9.62 Å². The molecule has 160 valence electrons. The molecule has 0 radical (unpaired) electrons. The monoisotopic (exact) mass is 427 g/mol. The standard InChI is InChI=1S/C23H29N3O3S/c1-17-3-8-20(9-4-17)24-30(28,29)21-10-5-18(2)22(15-21)23(27)26-13-11-25(12-14-26)16-19-6-7-19/h3-5,8-10,15,19,24H,6-7,11-14,16H2,1-2H3. The highest BCUT2D eigenvalue weighted by Gasteiger charge is 2.29. The van der Waals surface area contributed by atoms with Crippen LogP contribution >= 0.6 is 0 Å². The summed E-state index contributed by atoms with van der Waals surface area (Å²) in [5.74, 6) is 0.753. The molecule has 2 aromatic rings. The first-order valence-electron chi connectivity index (χ1n) is 10.5. The third-order valence-corrected chi connectivity index (χ3v) is 7.31. The molecule has 1 aliphatic heterocycles. The van der Waals surface area contributed by atoms with Gasteiger partial charge < -0.3 is 4.90 Å². The van der Waals surface area contributed by atoms with Gasteiger partial charge in [0.25, 0.3) is 15.9 Å². The van der Waals surface area contributed by atoms with Gasteiger partial charge in [-0.25, -0.2) is 8.42 Å². The minimum absolute atomic E-state index is 0.0917. The van der Waals surface area contributed by atoms with Gasteiger partial charge >= 0.3 is 0 Å². The molecule has 4 rings (SSSR count). The van der Waals surface area contributed by atoms with E-state index in [1.165, 1.54) is 18.9 Å². The Balaban J connectivity index is 1.48. The molecule has 1 heterocycles. The maximum absolute atomic E-state index is 13.1. The Morgan fingerprint density at radius 3 is 2.30 bits per heavy atom. The van der Waals surface area contributed by atoms with Gasteiger partial charge in [0.15, 0.2) is 0 Å². The van der Waals surface area contributed by atoms with Gasteiger partial charge in [0.1, 0.15) is 0 Å². The third-order valence-electron chi connectivity index (χ3n) is 5.93. The van der Waals surface area contributed by atoms with Crippen molar-refractivity contribution >= 4 is 21.6 Å². The number of sulfonamides is 1. The summed E-state index contributed by atoms with van der Waals surface area (Å²) in [5, 5.41) is 0. The molecule has 0 atom stereocenters. The third kappa shape index (κ3) is 4.84. The normalized spacial score (nSPS) is 17.7. The van der Waals surface area contributed by atoms with E-state index < -0.39 is 10.0 Å². The fourth-order valence-corrected chi connectivity index (χ4v) is 4.89. The van der Waals surface area contributed by atoms with Crippen molar-refractivity contribution in [2.45, 2.75) is 31.6 Å². The van der Waals surface area contributed by atoms with Crippen LogP contribution in [0.4, 0.5) is 5.69 Å². The van der Waals surface area contributed by atoms with Crippen molar-refractivity contribution in [1.29, 1.82) is 0 Å². The van der Waals surface area contributed by atoms with E-state index in [9.17, 15) is 13.2 Å². The lowest BCUT2D eigenvalue weighted by Gasteiger charge is -2.35. The van der Waals surface area contributed by atoms with Crippen molar-refractivity contribution < 1.29 is 13.2 Å². The van der Waals surface area contributed by atoms with Crippen LogP contribution in [0.15, 0.2) is 47.4 Å². The summed E-state index contributed by atoms with van der Waals surface area (Å²) in [5.41, 5.74) is 2.80. The molecule has 1 aliphatic carbocycles. The molecule has 2 fully saturated rings. The first-order valence-corrected chi connectivity index (χ1v) is 12.0. The minimum Gasteiger partial charge on any atom is -0.336 e. The van der Waals surface area contributed by atoms with Crippen LogP contribution < -0.4 is 4.72 Å². The van der Waals surface area contributed by atoms with Crippen LogP contribution in [0.2, 0.25) is 0 Å². The average molecular weight is 428 g/mol. The predicted molar refractivity (Wildman–Crippen MR) is 118 cm³/mol. The van der Waals surface area contributed by atoms with Crippen LogP contribution in [-0.2, 0) is 10.0 Å². The number of hydrogen-bond donors (Lipinski definition) is 1. The van der Waals surface area contributed by atoms with Gasteiger partial charge in [0.2, 0.25) is 0 Å². The average Bonchev–Trinajstić information content (AvgIpc) is 3.54. The second-order valence-corrected chi connectivity index (χ2v) is 10.2. The van der Waals surface area contributed by atoms with Crippen molar-refractivity contribution in [1.82, 2.24) is 9.80 Å². The first-order chi connectivity index (χ1) is 14.3. The number of rotatable bonds is 6. The summed E-state index contributed by atoms with van der Waals surface area (Å²) < 4.78 is 28.3. The maximum Gasteiger partial charge on any atom is 0.261 e. The number of anilines is 1. The molecule has 30 heavy (non-hydrogen) atoms. The molecule has 1 N–H and O–H groups in total. The summed E-state index contributed by atoms with van der Waals surface area (Å²) >= 11 is 0. The Labute approximate surface area is 178 Å². The van der Waals surface area contributed by atoms with Crippen molar-refractivity contribution in [2.24, 2.45) is 5.92 Å². The fourth-order valence-electron chi connectivity index (χ4n) is 3.80. The number of benzene rings is 2. The van der Waals surface area contributed by atoms with E-state index in [-0.39, 0.29) is 10.8 Å². The molecule has 1 amide bonds. The molecule has 7 heteroatoms. The summed E-state index contributed by atoms with van der Waals surface area (Å²) in [6.07, 6.45) is 2.66. The number of amides is 1. The Morgan fingerprint density at radius 1 is 1.00 bits per heavy atom. The van der Waals surface area contributed by atoms with Crippen molar-refractivity contribution in [3.8, 4) is 0 Å². The number of carbonyl (C=O) groups is 1. The zero-order valence-electron chi connectivity index (χ0n) is 17.6. The number of carbonyl (C=O) groups excluding carboxylic acids is 1. The molecular formula is C23H29N3O3S. The Morgan fingerprint density at radius 2 is 1.67 bits per heavy atom. The summed E-state index contributed by atoms with van der Waals surface area (Å²) in [4.78, 5) is 17.5. The Kier molecular flexibility index (Phi) is 5.84. The van der Waals surface area contributed by atoms with Gasteiger partial charge in [-0.15, -0.1) is 0 Å². The second-order valence-electron chi connectivity index (χ2n) is 8.48. The Bertz CT molecular complexity index is 1020. The van der Waals surface area contributed by atoms with Gasteiger partial charge in [-0.2, -0.15) is 0 Å². The number of nitrogens with one attached hydrogen (secondary N) is 1. The van der Waals surface area contributed by atoms with E-state index in [0.29, 0.717) is 24.3 Å². The van der Waals surface area contributed by atoms with Crippen molar-refractivity contribution in [3.63, 3.8) is 0 Å². The van der Waals surface area contributed by atoms with Crippen LogP contribution in [0.1, 0.15) is 34.3 Å². The largest absolute Gasteiger partial charge is 0.336 e. The predicted octanol–water partition coefficient (Wildman–Crippen LogP) is 3.27. The molecule has 2 aliphatic rings. The molecule has 0 spiro atoms. The molecule has 6 nitrogen and oxygen atoms in total. The molecule has 0 bridgehead atoms. The van der Waals surface area contributed by atoms with Gasteiger partial charge in [-0.1, -0.05) is 23.8 Å². The van der Waals surface area contributed by atoms with E-state index in [4.69, 9.17) is 0 Å². The van der Waals surface area contributed by atoms with Gasteiger partial charge in [-0.05, 0) is 62.4 Å². The minimum atomic E-state index is -3.77. The number of hydrogen-bond acceptors (Lipinski definition) is 4. The Hall–Kier alpha value is -2.38. The molecule has 0 aromatic heterocycles. The van der Waals surface area contributed by atoms with E-state index >= 15 is 0 Å². The summed E-state index contributed by atoms with van der Waals surface area (Å²) in [6.45, 7) is 8.07. The SMILES string of the molecule is Cc1ccc(NS(=O)(=O)c2ccc(C)c(C(=O)N3CCN(CC4CC4)CC3)c2)cc1. The smallest absolute Gasteiger partial charge is 0.261 e. The first kappa shape index (κ1) is 20.9. The molecule has 2 aromatic carbocycles. The van der Waals surface area contributed by atoms with Crippen LogP contribution in [-0.4, -0.2) is 56.8 Å². The topological polar surface area (TPSA) is 69.7 Å². The van der Waals surface area contributed by atoms with Gasteiger partial charge in [-0.3, -0.25) is 14.4 Å². The molecule has 1 saturated heterocycles. The van der Waals surface area contributed by atoms with E-state index in [0.717, 1.165) is 36.7 Å². The fraction of sp³-hybridized carbons (Fsp3) is 0.435. The highest BCUT2D eigenvalue weighted by molar-refractivity contribution is 7.92. The summed E-state index contributed by atoms with van der Waals surface area (Å²) in [7, 11) is -3.77. The lowest BCUT2D eigenvalue weighted by atomic mass is 10.1. The van der Waals surface area contributed by atoms with Crippen LogP contribution in [0, 0.1) is 19.8 Å². The van der Waals surface area contributed by atoms with Crippen LogP contribution in [0.3, 0.4) is 0 Å². The van der Waals surface area contributed by atoms with Crippen LogP contribution in [0.25, 0.3) is 0 Å². The highest BCUT2D eigenvalue weighted by atomic mass is 32.2. The zero-order chi connectivity index (χ0) is 21.3. The molecular weight excluding hydrogens is 398 g/mol. The zero-order valence-corrected chi connectivity index (χ0v) is 18.4. The number of piperazine rings is 1. The van der Waals surface area contributed by atoms with Gasteiger partial charge in [0, 0.05) is 44.0 Å². The molecule has 0 unspecified atom stereocenters. The lowest BCUT2D eigenvalue weighted by Crippen LogP contribution is -2.49. The highest BCUT2D eigenvalue weighted by Crippen LogP contribution is 2.30. The maximum atomic E-state index is 13.1. The number of aryl methyl sites for hydroxylation is 2. The van der Waals surface area contributed by atoms with Gasteiger partial charge in [0.05, 0.1) is 4.90 Å². The van der Waals surface area contributed by atoms with E-state index in [1.807, 2.05) is 30.9 Å². The van der Waals surface area contributed by atoms with Crippen molar-refractivity contribution in [2.75, 3.05) is 37.4 Å². The lowest BCUT2D eigenvalue weighted by molar-refractivity contribution is 0.0631. The van der Waals surface area contributed by atoms with Crippen molar-refractivity contribution in [3.05, 3.63) is 59.2 Å². The number of nitrogens with zero attached hydrogens (tertiary/aromatic N) is 2. The quantitative estimate of drug-likeness (QED) is 0.768. The molecule has 1 saturated carbocycles. The van der Waals surface area contributed by atoms with Crippen LogP contribution in [0.5, 0.6) is 0 Å².